The molecule has 0 bridgehead atoms. The number of allylic oxidation sites excluding steroid dienone is 1. The van der Waals surface area contributed by atoms with Gasteiger partial charge in [0.1, 0.15) is 5.39 Å². The fourth-order valence-electron chi connectivity index (χ4n) is 4.19. The van der Waals surface area contributed by atoms with Gasteiger partial charge in [-0.1, -0.05) is 18.2 Å². The van der Waals surface area contributed by atoms with Crippen LogP contribution in [-0.4, -0.2) is 51.2 Å². The van der Waals surface area contributed by atoms with Gasteiger partial charge in [0, 0.05) is 25.0 Å². The Morgan fingerprint density at radius 2 is 2.03 bits per heavy atom. The van der Waals surface area contributed by atoms with E-state index in [0.717, 1.165) is 25.2 Å². The van der Waals surface area contributed by atoms with Crippen molar-refractivity contribution in [3.05, 3.63) is 76.7 Å². The lowest BCUT2D eigenvalue weighted by Crippen LogP contribution is -2.26. The van der Waals surface area contributed by atoms with Crippen molar-refractivity contribution in [1.29, 1.82) is 0 Å². The topological polar surface area (TPSA) is 141 Å². The van der Waals surface area contributed by atoms with Crippen molar-refractivity contribution in [3.8, 4) is 5.82 Å². The third-order valence-corrected chi connectivity index (χ3v) is 6.67. The van der Waals surface area contributed by atoms with Crippen LogP contribution in [0.25, 0.3) is 16.9 Å². The molecule has 0 aliphatic carbocycles. The number of nitrogens with one attached hydrogen (secondary N) is 1. The molecule has 180 valence electrons. The second kappa shape index (κ2) is 8.73. The van der Waals surface area contributed by atoms with Gasteiger partial charge >= 0.3 is 0 Å². The summed E-state index contributed by atoms with van der Waals surface area (Å²) in [6.45, 7) is 5.75. The number of primary sulfonamides is 1. The lowest BCUT2D eigenvalue weighted by Gasteiger charge is -2.25. The van der Waals surface area contributed by atoms with E-state index in [4.69, 9.17) is 5.14 Å². The highest BCUT2D eigenvalue weighted by Gasteiger charge is 2.20. The van der Waals surface area contributed by atoms with E-state index in [9.17, 15) is 13.2 Å². The molecule has 35 heavy (non-hydrogen) atoms. The maximum absolute atomic E-state index is 13.1. The van der Waals surface area contributed by atoms with E-state index in [0.29, 0.717) is 0 Å². The fourth-order valence-corrected chi connectivity index (χ4v) is 4.68. The van der Waals surface area contributed by atoms with Crippen LogP contribution in [0, 0.1) is 0 Å². The third-order valence-electron chi connectivity index (χ3n) is 5.86. The first kappa shape index (κ1) is 22.9. The number of nitrogens with zero attached hydrogens (tertiary/aromatic N) is 6. The van der Waals surface area contributed by atoms with Gasteiger partial charge in [-0.2, -0.15) is 4.98 Å². The first-order valence-electron chi connectivity index (χ1n) is 10.9. The summed E-state index contributed by atoms with van der Waals surface area (Å²) in [7, 11) is -1.96. The molecule has 0 saturated carbocycles. The average molecular weight is 493 g/mol. The van der Waals surface area contributed by atoms with E-state index in [1.54, 1.807) is 12.1 Å². The minimum atomic E-state index is -4.05. The van der Waals surface area contributed by atoms with E-state index >= 15 is 0 Å². The molecular weight excluding hydrogens is 468 g/mol. The molecule has 4 heterocycles. The Balaban J connectivity index is 1.62. The zero-order chi connectivity index (χ0) is 24.7. The monoisotopic (exact) mass is 492 g/mol. The van der Waals surface area contributed by atoms with Crippen molar-refractivity contribution in [1.82, 2.24) is 29.2 Å². The number of nitrogens with two attached hydrogens (primary N) is 1. The predicted octanol–water partition coefficient (Wildman–Crippen LogP) is 1.54. The number of anilines is 2. The van der Waals surface area contributed by atoms with Crippen LogP contribution in [0.4, 0.5) is 11.6 Å². The summed E-state index contributed by atoms with van der Waals surface area (Å²) in [6, 6.07) is 10.5. The molecule has 0 atom stereocenters. The molecule has 4 aromatic rings. The van der Waals surface area contributed by atoms with Crippen molar-refractivity contribution in [2.75, 3.05) is 18.9 Å². The SMILES string of the molecule is C=CCn1c(=O)c2cnc(Nc3ccc4c(c3)CN(C)CC4)nc2n1-c1cccc(S(N)(=O)=O)n1. The number of hydrogen-bond donors (Lipinski definition) is 2. The molecular formula is C23H24N8O3S. The van der Waals surface area contributed by atoms with Crippen LogP contribution in [0.2, 0.25) is 0 Å². The molecule has 0 unspecified atom stereocenters. The molecule has 0 amide bonds. The zero-order valence-electron chi connectivity index (χ0n) is 19.0. The largest absolute Gasteiger partial charge is 0.324 e. The maximum atomic E-state index is 13.1. The molecule has 0 radical (unpaired) electrons. The van der Waals surface area contributed by atoms with Crippen molar-refractivity contribution in [2.24, 2.45) is 5.14 Å². The molecule has 5 rings (SSSR count). The summed E-state index contributed by atoms with van der Waals surface area (Å²) >= 11 is 0. The van der Waals surface area contributed by atoms with Gasteiger partial charge in [-0.3, -0.25) is 4.79 Å². The predicted molar refractivity (Wildman–Crippen MR) is 132 cm³/mol. The van der Waals surface area contributed by atoms with Crippen molar-refractivity contribution >= 4 is 32.7 Å². The molecule has 0 fully saturated rings. The number of pyridine rings is 1. The Bertz CT molecular complexity index is 1620. The number of fused-ring (bicyclic) bond motifs is 2. The Morgan fingerprint density at radius 3 is 2.80 bits per heavy atom. The van der Waals surface area contributed by atoms with Gasteiger partial charge in [0.2, 0.25) is 5.95 Å². The van der Waals surface area contributed by atoms with Crippen LogP contribution in [0.3, 0.4) is 0 Å². The van der Waals surface area contributed by atoms with Gasteiger partial charge in [0.05, 0.1) is 6.54 Å². The minimum absolute atomic E-state index is 0.150. The summed E-state index contributed by atoms with van der Waals surface area (Å²) in [5, 5.41) is 8.41. The Morgan fingerprint density at radius 1 is 1.20 bits per heavy atom. The van der Waals surface area contributed by atoms with Gasteiger partial charge in [-0.05, 0) is 48.9 Å². The molecule has 0 saturated heterocycles. The van der Waals surface area contributed by atoms with E-state index in [1.807, 2.05) is 6.07 Å². The lowest BCUT2D eigenvalue weighted by molar-refractivity contribution is 0.313. The quantitative estimate of drug-likeness (QED) is 0.386. The summed E-state index contributed by atoms with van der Waals surface area (Å²) in [4.78, 5) is 28.4. The summed E-state index contributed by atoms with van der Waals surface area (Å²) in [5.74, 6) is 0.459. The summed E-state index contributed by atoms with van der Waals surface area (Å²) in [5.41, 5.74) is 3.30. The molecule has 1 aromatic carbocycles. The van der Waals surface area contributed by atoms with Crippen molar-refractivity contribution in [3.63, 3.8) is 0 Å². The van der Waals surface area contributed by atoms with E-state index in [-0.39, 0.29) is 39.9 Å². The Labute approximate surface area is 201 Å². The van der Waals surface area contributed by atoms with E-state index in [1.165, 1.54) is 38.8 Å². The second-order valence-corrected chi connectivity index (χ2v) is 9.90. The highest BCUT2D eigenvalue weighted by molar-refractivity contribution is 7.89. The minimum Gasteiger partial charge on any atom is -0.324 e. The molecule has 1 aliphatic heterocycles. The third kappa shape index (κ3) is 4.34. The Kier molecular flexibility index (Phi) is 5.71. The van der Waals surface area contributed by atoms with Gasteiger partial charge in [-0.25, -0.2) is 32.9 Å². The zero-order valence-corrected chi connectivity index (χ0v) is 19.9. The highest BCUT2D eigenvalue weighted by Crippen LogP contribution is 2.24. The van der Waals surface area contributed by atoms with Crippen LogP contribution in [0.1, 0.15) is 11.1 Å². The van der Waals surface area contributed by atoms with Gasteiger partial charge in [0.15, 0.2) is 16.5 Å². The molecule has 3 aromatic heterocycles. The van der Waals surface area contributed by atoms with E-state index < -0.39 is 10.0 Å². The number of likely N-dealkylation sites (N-methyl/N-ethyl adjacent to an activating group) is 1. The molecule has 0 spiro atoms. The maximum Gasteiger partial charge on any atom is 0.278 e. The van der Waals surface area contributed by atoms with Gasteiger partial charge in [0.25, 0.3) is 15.6 Å². The molecule has 3 N–H and O–H groups in total. The van der Waals surface area contributed by atoms with E-state index in [2.05, 4.69) is 50.9 Å². The molecule has 12 heteroatoms. The lowest BCUT2D eigenvalue weighted by atomic mass is 9.99. The van der Waals surface area contributed by atoms with Crippen LogP contribution < -0.4 is 16.0 Å². The normalized spacial score (nSPS) is 14.1. The number of benzene rings is 1. The van der Waals surface area contributed by atoms with Crippen molar-refractivity contribution < 1.29 is 8.42 Å². The number of sulfonamides is 1. The first-order valence-corrected chi connectivity index (χ1v) is 12.5. The smallest absolute Gasteiger partial charge is 0.278 e. The van der Waals surface area contributed by atoms with Gasteiger partial charge in [-0.15, -0.1) is 6.58 Å². The van der Waals surface area contributed by atoms with Crippen molar-refractivity contribution in [2.45, 2.75) is 24.5 Å². The molecule has 1 aliphatic rings. The highest BCUT2D eigenvalue weighted by atomic mass is 32.2. The summed E-state index contributed by atoms with van der Waals surface area (Å²) < 4.78 is 26.5. The van der Waals surface area contributed by atoms with Crippen LogP contribution in [0.15, 0.2) is 65.1 Å². The van der Waals surface area contributed by atoms with Crippen LogP contribution in [0.5, 0.6) is 0 Å². The van der Waals surface area contributed by atoms with Gasteiger partial charge < -0.3 is 10.2 Å². The summed E-state index contributed by atoms with van der Waals surface area (Å²) in [6.07, 6.45) is 4.00. The second-order valence-electron chi connectivity index (χ2n) is 8.39. The molecule has 11 nitrogen and oxygen atoms in total. The van der Waals surface area contributed by atoms with Crippen LogP contribution >= 0.6 is 0 Å². The standard InChI is InChI=1S/C23H24N8O3S/c1-3-10-30-22(32)18-13-25-23(26-17-8-7-15-9-11-29(2)14-16(15)12-17)28-21(18)31(30)19-5-4-6-20(27-19)35(24,33)34/h3-8,12-13H,1,9-11,14H2,2H3,(H2,24,33,34)(H,25,26,28). The number of rotatable bonds is 6. The fraction of sp³-hybridized carbons (Fsp3) is 0.217. The first-order chi connectivity index (χ1) is 16.7. The average Bonchev–Trinajstić information content (AvgIpc) is 3.09. The Hall–Kier alpha value is -3.87. The number of hydrogen-bond acceptors (Lipinski definition) is 8. The number of aromatic nitrogens is 5. The van der Waals surface area contributed by atoms with Crippen LogP contribution in [-0.2, 0) is 29.5 Å².